The molecule has 0 aliphatic heterocycles. The predicted molar refractivity (Wildman–Crippen MR) is 70.5 cm³/mol. The van der Waals surface area contributed by atoms with Crippen molar-refractivity contribution in [2.45, 2.75) is 26.0 Å². The molecule has 0 saturated heterocycles. The Hall–Kier alpha value is -2.33. The van der Waals surface area contributed by atoms with Gasteiger partial charge in [-0.15, -0.1) is 0 Å². The molecule has 2 rings (SSSR count). The Morgan fingerprint density at radius 1 is 1.62 bits per heavy atom. The highest BCUT2D eigenvalue weighted by Gasteiger charge is 2.11. The molecule has 21 heavy (non-hydrogen) atoms. The number of aliphatic hydroxyl groups excluding tert-OH is 1. The van der Waals surface area contributed by atoms with E-state index in [1.165, 1.54) is 10.9 Å². The first-order valence-electron chi connectivity index (χ1n) is 6.39. The van der Waals surface area contributed by atoms with E-state index in [1.54, 1.807) is 6.92 Å². The maximum absolute atomic E-state index is 10.5. The largest absolute Gasteiger partial charge is 0.390 e. The molecule has 0 aromatic carbocycles. The Balaban J connectivity index is 1.67. The molecule has 1 unspecified atom stereocenters. The summed E-state index contributed by atoms with van der Waals surface area (Å²) in [5.41, 5.74) is -0.0954. The van der Waals surface area contributed by atoms with E-state index in [1.807, 2.05) is 0 Å². The zero-order valence-corrected chi connectivity index (χ0v) is 11.5. The van der Waals surface area contributed by atoms with Gasteiger partial charge in [-0.25, -0.2) is 0 Å². The van der Waals surface area contributed by atoms with Crippen molar-refractivity contribution >= 4 is 5.69 Å². The van der Waals surface area contributed by atoms with Gasteiger partial charge in [-0.2, -0.15) is 10.1 Å². The van der Waals surface area contributed by atoms with Gasteiger partial charge >= 0.3 is 5.69 Å². The van der Waals surface area contributed by atoms with Crippen LogP contribution in [-0.2, 0) is 13.0 Å². The number of rotatable bonds is 8. The zero-order chi connectivity index (χ0) is 15.2. The van der Waals surface area contributed by atoms with E-state index in [2.05, 4.69) is 20.6 Å². The third-order valence-corrected chi connectivity index (χ3v) is 2.69. The van der Waals surface area contributed by atoms with Gasteiger partial charge < -0.3 is 14.9 Å². The number of nitrogens with zero attached hydrogens (tertiary/aromatic N) is 5. The number of aromatic nitrogens is 4. The summed E-state index contributed by atoms with van der Waals surface area (Å²) in [6.45, 7) is 2.84. The molecular formula is C11H16N6O4. The summed E-state index contributed by atoms with van der Waals surface area (Å²) in [6.07, 6.45) is 2.30. The van der Waals surface area contributed by atoms with Crippen LogP contribution in [-0.4, -0.2) is 49.1 Å². The first-order chi connectivity index (χ1) is 10.0. The quantitative estimate of drug-likeness (QED) is 0.384. The van der Waals surface area contributed by atoms with Crippen LogP contribution >= 0.6 is 0 Å². The molecular weight excluding hydrogens is 280 g/mol. The summed E-state index contributed by atoms with van der Waals surface area (Å²) >= 11 is 0. The normalized spacial score (nSPS) is 12.5. The van der Waals surface area contributed by atoms with E-state index in [0.29, 0.717) is 31.2 Å². The standard InChI is InChI=1S/C11H16N6O4/c1-8-14-11(21-15-8)2-3-12-5-10(18)7-16-6-9(4-13-16)17(19)20/h4,6,10,12,18H,2-3,5,7H2,1H3. The van der Waals surface area contributed by atoms with Crippen LogP contribution in [0.5, 0.6) is 0 Å². The molecule has 0 aliphatic carbocycles. The van der Waals surface area contributed by atoms with Crippen LogP contribution in [0, 0.1) is 17.0 Å². The molecule has 0 spiro atoms. The maximum Gasteiger partial charge on any atom is 0.306 e. The molecule has 0 fully saturated rings. The van der Waals surface area contributed by atoms with Crippen molar-refractivity contribution in [3.05, 3.63) is 34.2 Å². The Labute approximate surface area is 119 Å². The molecule has 2 aromatic heterocycles. The maximum atomic E-state index is 10.5. The number of hydrogen-bond acceptors (Lipinski definition) is 8. The number of hydrogen-bond donors (Lipinski definition) is 2. The number of aryl methyl sites for hydroxylation is 1. The van der Waals surface area contributed by atoms with Crippen LogP contribution in [0.3, 0.4) is 0 Å². The summed E-state index contributed by atoms with van der Waals surface area (Å²) in [5.74, 6) is 1.13. The first kappa shape index (κ1) is 15.1. The van der Waals surface area contributed by atoms with Crippen molar-refractivity contribution in [2.75, 3.05) is 13.1 Å². The molecule has 0 amide bonds. The molecule has 0 aliphatic rings. The Morgan fingerprint density at radius 3 is 3.05 bits per heavy atom. The van der Waals surface area contributed by atoms with E-state index in [-0.39, 0.29) is 12.2 Å². The third kappa shape index (κ3) is 4.61. The number of nitrogens with one attached hydrogen (secondary N) is 1. The van der Waals surface area contributed by atoms with Crippen LogP contribution in [0.4, 0.5) is 5.69 Å². The van der Waals surface area contributed by atoms with Gasteiger partial charge in [-0.05, 0) is 6.92 Å². The summed E-state index contributed by atoms with van der Waals surface area (Å²) < 4.78 is 6.29. The molecule has 0 radical (unpaired) electrons. The van der Waals surface area contributed by atoms with Crippen molar-refractivity contribution < 1.29 is 14.6 Å². The van der Waals surface area contributed by atoms with Crippen molar-refractivity contribution in [3.8, 4) is 0 Å². The number of nitro groups is 1. The smallest absolute Gasteiger partial charge is 0.306 e. The first-order valence-corrected chi connectivity index (χ1v) is 6.39. The van der Waals surface area contributed by atoms with E-state index in [4.69, 9.17) is 4.52 Å². The minimum atomic E-state index is -0.700. The number of aliphatic hydroxyl groups is 1. The summed E-state index contributed by atoms with van der Waals surface area (Å²) in [4.78, 5) is 14.0. The average molecular weight is 296 g/mol. The highest BCUT2D eigenvalue weighted by molar-refractivity contribution is 5.20. The highest BCUT2D eigenvalue weighted by atomic mass is 16.6. The molecule has 2 heterocycles. The summed E-state index contributed by atoms with van der Waals surface area (Å²) in [7, 11) is 0. The molecule has 0 bridgehead atoms. The fourth-order valence-corrected chi connectivity index (χ4v) is 1.73. The van der Waals surface area contributed by atoms with Gasteiger partial charge in [0.25, 0.3) is 0 Å². The van der Waals surface area contributed by atoms with E-state index >= 15 is 0 Å². The van der Waals surface area contributed by atoms with Gasteiger partial charge in [0.1, 0.15) is 12.4 Å². The molecule has 10 nitrogen and oxygen atoms in total. The Kier molecular flexibility index (Phi) is 4.95. The summed E-state index contributed by atoms with van der Waals surface area (Å²) in [6, 6.07) is 0. The van der Waals surface area contributed by atoms with Crippen LogP contribution in [0.1, 0.15) is 11.7 Å². The SMILES string of the molecule is Cc1noc(CCNCC(O)Cn2cc([N+](=O)[O-])cn2)n1. The van der Waals surface area contributed by atoms with Gasteiger partial charge in [-0.1, -0.05) is 5.16 Å². The second-order valence-electron chi connectivity index (χ2n) is 4.52. The van der Waals surface area contributed by atoms with Crippen LogP contribution in [0.25, 0.3) is 0 Å². The van der Waals surface area contributed by atoms with Crippen LogP contribution in [0.15, 0.2) is 16.9 Å². The highest BCUT2D eigenvalue weighted by Crippen LogP contribution is 2.07. The third-order valence-electron chi connectivity index (χ3n) is 2.69. The van der Waals surface area contributed by atoms with Gasteiger partial charge in [0.2, 0.25) is 5.89 Å². The second-order valence-corrected chi connectivity index (χ2v) is 4.52. The van der Waals surface area contributed by atoms with Crippen LogP contribution < -0.4 is 5.32 Å². The molecule has 0 saturated carbocycles. The van der Waals surface area contributed by atoms with Crippen molar-refractivity contribution in [2.24, 2.45) is 0 Å². The zero-order valence-electron chi connectivity index (χ0n) is 11.5. The monoisotopic (exact) mass is 296 g/mol. The van der Waals surface area contributed by atoms with Crippen molar-refractivity contribution in [3.63, 3.8) is 0 Å². The molecule has 1 atom stereocenters. The Bertz CT molecular complexity index is 595. The van der Waals surface area contributed by atoms with Crippen molar-refractivity contribution in [1.82, 2.24) is 25.2 Å². The summed E-state index contributed by atoms with van der Waals surface area (Å²) in [5, 5.41) is 30.8. The molecule has 2 aromatic rings. The predicted octanol–water partition coefficient (Wildman–Crippen LogP) is -0.324. The topological polar surface area (TPSA) is 132 Å². The minimum Gasteiger partial charge on any atom is -0.390 e. The van der Waals surface area contributed by atoms with Gasteiger partial charge in [-0.3, -0.25) is 14.8 Å². The van der Waals surface area contributed by atoms with E-state index in [9.17, 15) is 15.2 Å². The average Bonchev–Trinajstić information content (AvgIpc) is 3.04. The second kappa shape index (κ2) is 6.90. The Morgan fingerprint density at radius 2 is 2.43 bits per heavy atom. The fraction of sp³-hybridized carbons (Fsp3) is 0.545. The fourth-order valence-electron chi connectivity index (χ4n) is 1.73. The van der Waals surface area contributed by atoms with Crippen LogP contribution in [0.2, 0.25) is 0 Å². The molecule has 2 N–H and O–H groups in total. The van der Waals surface area contributed by atoms with E-state index in [0.717, 1.165) is 6.20 Å². The lowest BCUT2D eigenvalue weighted by atomic mass is 10.3. The van der Waals surface area contributed by atoms with Gasteiger partial charge in [0, 0.05) is 19.5 Å². The lowest BCUT2D eigenvalue weighted by Crippen LogP contribution is -2.31. The van der Waals surface area contributed by atoms with Gasteiger partial charge in [0.15, 0.2) is 5.82 Å². The lowest BCUT2D eigenvalue weighted by molar-refractivity contribution is -0.385. The van der Waals surface area contributed by atoms with Crippen molar-refractivity contribution in [1.29, 1.82) is 0 Å². The minimum absolute atomic E-state index is 0.0954. The molecule has 10 heteroatoms. The molecule has 114 valence electrons. The lowest BCUT2D eigenvalue weighted by Gasteiger charge is -2.10. The van der Waals surface area contributed by atoms with E-state index < -0.39 is 11.0 Å². The van der Waals surface area contributed by atoms with Gasteiger partial charge in [0.05, 0.1) is 17.6 Å².